The summed E-state index contributed by atoms with van der Waals surface area (Å²) in [7, 11) is 0. The minimum Gasteiger partial charge on any atom is -0.451 e. The van der Waals surface area contributed by atoms with Crippen molar-refractivity contribution in [3.8, 4) is 17.6 Å². The van der Waals surface area contributed by atoms with Gasteiger partial charge in [-0.05, 0) is 61.4 Å². The molecule has 0 bridgehead atoms. The number of nitrogens with zero attached hydrogens (tertiary/aromatic N) is 2. The number of hydrogen-bond acceptors (Lipinski definition) is 5. The molecule has 1 aromatic heterocycles. The summed E-state index contributed by atoms with van der Waals surface area (Å²) < 4.78 is 6.80. The third-order valence-corrected chi connectivity index (χ3v) is 4.15. The lowest BCUT2D eigenvalue weighted by atomic mass is 10.1. The molecule has 0 amide bonds. The summed E-state index contributed by atoms with van der Waals surface area (Å²) >= 11 is 3.44. The van der Waals surface area contributed by atoms with Gasteiger partial charge in [0.1, 0.15) is 5.75 Å². The summed E-state index contributed by atoms with van der Waals surface area (Å²) in [5.74, 6) is 1.20. The molecule has 0 saturated carbocycles. The van der Waals surface area contributed by atoms with E-state index in [4.69, 9.17) is 10.00 Å². The molecule has 0 aliphatic heterocycles. The highest BCUT2D eigenvalue weighted by molar-refractivity contribution is 9.10. The Morgan fingerprint density at radius 2 is 1.81 bits per heavy atom. The fourth-order valence-electron chi connectivity index (χ4n) is 2.47. The highest BCUT2D eigenvalue weighted by atomic mass is 79.9. The largest absolute Gasteiger partial charge is 0.451 e. The first-order valence-electron chi connectivity index (χ1n) is 7.78. The van der Waals surface area contributed by atoms with Crippen LogP contribution in [0.2, 0.25) is 0 Å². The van der Waals surface area contributed by atoms with Crippen LogP contribution in [0.3, 0.4) is 0 Å². The van der Waals surface area contributed by atoms with Crippen molar-refractivity contribution < 1.29 is 4.74 Å². The third kappa shape index (κ3) is 3.92. The first kappa shape index (κ1) is 17.7. The Balaban J connectivity index is 1.88. The number of benzene rings is 2. The molecule has 7 heteroatoms. The van der Waals surface area contributed by atoms with Gasteiger partial charge in [-0.15, -0.1) is 0 Å². The number of rotatable bonds is 4. The Morgan fingerprint density at radius 1 is 1.15 bits per heavy atom. The Kier molecular flexibility index (Phi) is 5.05. The van der Waals surface area contributed by atoms with Crippen LogP contribution in [-0.2, 0) is 0 Å². The summed E-state index contributed by atoms with van der Waals surface area (Å²) in [6.07, 6.45) is 0. The summed E-state index contributed by atoms with van der Waals surface area (Å²) in [5.41, 5.74) is 2.71. The zero-order chi connectivity index (χ0) is 18.7. The quantitative estimate of drug-likeness (QED) is 0.657. The molecule has 2 N–H and O–H groups in total. The Labute approximate surface area is 158 Å². The zero-order valence-electron chi connectivity index (χ0n) is 14.1. The zero-order valence-corrected chi connectivity index (χ0v) is 15.7. The Bertz CT molecular complexity index is 1030. The van der Waals surface area contributed by atoms with Gasteiger partial charge in [-0.25, -0.2) is 5.10 Å². The molecule has 0 spiro atoms. The van der Waals surface area contributed by atoms with Crippen molar-refractivity contribution in [1.29, 1.82) is 5.26 Å². The molecule has 3 aromatic rings. The smallest absolute Gasteiger partial charge is 0.307 e. The third-order valence-electron chi connectivity index (χ3n) is 3.69. The second-order valence-electron chi connectivity index (χ2n) is 5.73. The summed E-state index contributed by atoms with van der Waals surface area (Å²) in [6.45, 7) is 3.83. The molecule has 0 aliphatic rings. The maximum Gasteiger partial charge on any atom is 0.307 e. The van der Waals surface area contributed by atoms with Crippen LogP contribution in [0.1, 0.15) is 16.7 Å². The Hall–Kier alpha value is -3.11. The SMILES string of the molecule is Cc1cc(Br)cc(C)c1Oc1cc(Nc2ccc(C#N)cc2)n[nH]c1=O. The van der Waals surface area contributed by atoms with Crippen LogP contribution in [-0.4, -0.2) is 10.2 Å². The summed E-state index contributed by atoms with van der Waals surface area (Å²) in [6, 6.07) is 14.4. The van der Waals surface area contributed by atoms with E-state index in [9.17, 15) is 4.79 Å². The predicted octanol–water partition coefficient (Wildman–Crippen LogP) is 4.56. The minimum atomic E-state index is -0.419. The molecule has 2 aromatic carbocycles. The van der Waals surface area contributed by atoms with E-state index in [0.29, 0.717) is 17.1 Å². The van der Waals surface area contributed by atoms with Gasteiger partial charge < -0.3 is 10.1 Å². The molecule has 1 heterocycles. The van der Waals surface area contributed by atoms with Gasteiger partial charge in [0.05, 0.1) is 11.6 Å². The molecular weight excluding hydrogens is 396 g/mol. The number of nitrogens with one attached hydrogen (secondary N) is 2. The van der Waals surface area contributed by atoms with Crippen molar-refractivity contribution in [2.24, 2.45) is 0 Å². The standard InChI is InChI=1S/C19H15BrN4O2/c1-11-7-14(20)8-12(2)18(11)26-16-9-17(23-24-19(16)25)22-15-5-3-13(10-21)4-6-15/h3-9H,1-2H3,(H,22,23)(H,24,25). The molecule has 0 unspecified atom stereocenters. The number of ether oxygens (including phenoxy) is 1. The fourth-order valence-corrected chi connectivity index (χ4v) is 3.16. The maximum atomic E-state index is 12.1. The molecule has 0 saturated heterocycles. The average molecular weight is 411 g/mol. The number of H-pyrrole nitrogens is 1. The number of hydrogen-bond donors (Lipinski definition) is 2. The van der Waals surface area contributed by atoms with Crippen LogP contribution in [0.5, 0.6) is 11.5 Å². The van der Waals surface area contributed by atoms with Crippen LogP contribution < -0.4 is 15.6 Å². The second-order valence-corrected chi connectivity index (χ2v) is 6.65. The van der Waals surface area contributed by atoms with E-state index < -0.39 is 5.56 Å². The van der Waals surface area contributed by atoms with Crippen molar-refractivity contribution >= 4 is 27.4 Å². The van der Waals surface area contributed by atoms with Crippen LogP contribution in [0.4, 0.5) is 11.5 Å². The van der Waals surface area contributed by atoms with Crippen molar-refractivity contribution in [3.63, 3.8) is 0 Å². The number of aromatic nitrogens is 2. The van der Waals surface area contributed by atoms with Gasteiger partial charge in [0, 0.05) is 16.2 Å². The Morgan fingerprint density at radius 3 is 2.42 bits per heavy atom. The van der Waals surface area contributed by atoms with E-state index >= 15 is 0 Å². The van der Waals surface area contributed by atoms with Gasteiger partial charge in [0.2, 0.25) is 0 Å². The molecule has 130 valence electrons. The van der Waals surface area contributed by atoms with Gasteiger partial charge >= 0.3 is 5.56 Å². The summed E-state index contributed by atoms with van der Waals surface area (Å²) in [5, 5.41) is 18.3. The first-order chi connectivity index (χ1) is 12.5. The van der Waals surface area contributed by atoms with Crippen LogP contribution in [0.25, 0.3) is 0 Å². The lowest BCUT2D eigenvalue weighted by Gasteiger charge is -2.12. The van der Waals surface area contributed by atoms with E-state index in [1.54, 1.807) is 24.3 Å². The van der Waals surface area contributed by atoms with Crippen molar-refractivity contribution in [2.45, 2.75) is 13.8 Å². The van der Waals surface area contributed by atoms with Crippen LogP contribution in [0, 0.1) is 25.2 Å². The lowest BCUT2D eigenvalue weighted by Crippen LogP contribution is -2.12. The summed E-state index contributed by atoms with van der Waals surface area (Å²) in [4.78, 5) is 12.1. The first-order valence-corrected chi connectivity index (χ1v) is 8.57. The lowest BCUT2D eigenvalue weighted by molar-refractivity contribution is 0.465. The maximum absolute atomic E-state index is 12.1. The number of aromatic amines is 1. The van der Waals surface area contributed by atoms with E-state index in [1.165, 1.54) is 6.07 Å². The van der Waals surface area contributed by atoms with Crippen LogP contribution in [0.15, 0.2) is 51.7 Å². The van der Waals surface area contributed by atoms with Gasteiger partial charge in [-0.3, -0.25) is 4.79 Å². The highest BCUT2D eigenvalue weighted by Gasteiger charge is 2.11. The number of anilines is 2. The fraction of sp³-hybridized carbons (Fsp3) is 0.105. The molecule has 3 rings (SSSR count). The second kappa shape index (κ2) is 7.42. The number of aryl methyl sites for hydroxylation is 2. The average Bonchev–Trinajstić information content (AvgIpc) is 2.61. The van der Waals surface area contributed by atoms with Crippen molar-refractivity contribution in [1.82, 2.24) is 10.2 Å². The normalized spacial score (nSPS) is 10.2. The molecule has 6 nitrogen and oxygen atoms in total. The molecular formula is C19H15BrN4O2. The van der Waals surface area contributed by atoms with Crippen LogP contribution >= 0.6 is 15.9 Å². The number of halogens is 1. The van der Waals surface area contributed by atoms with E-state index in [-0.39, 0.29) is 5.75 Å². The van der Waals surface area contributed by atoms with E-state index in [0.717, 1.165) is 21.3 Å². The molecule has 26 heavy (non-hydrogen) atoms. The minimum absolute atomic E-state index is 0.143. The van der Waals surface area contributed by atoms with E-state index in [1.807, 2.05) is 26.0 Å². The van der Waals surface area contributed by atoms with Gasteiger partial charge in [-0.1, -0.05) is 15.9 Å². The monoisotopic (exact) mass is 410 g/mol. The molecule has 0 radical (unpaired) electrons. The van der Waals surface area contributed by atoms with Crippen molar-refractivity contribution in [2.75, 3.05) is 5.32 Å². The van der Waals surface area contributed by atoms with E-state index in [2.05, 4.69) is 37.5 Å². The van der Waals surface area contributed by atoms with Gasteiger partial charge in [-0.2, -0.15) is 10.4 Å². The number of nitriles is 1. The van der Waals surface area contributed by atoms with Crippen molar-refractivity contribution in [3.05, 3.63) is 74.0 Å². The predicted molar refractivity (Wildman–Crippen MR) is 103 cm³/mol. The topological polar surface area (TPSA) is 90.8 Å². The highest BCUT2D eigenvalue weighted by Crippen LogP contribution is 2.30. The van der Waals surface area contributed by atoms with Gasteiger partial charge in [0.25, 0.3) is 0 Å². The molecule has 0 fully saturated rings. The van der Waals surface area contributed by atoms with Gasteiger partial charge in [0.15, 0.2) is 11.6 Å². The molecule has 0 atom stereocenters. The molecule has 0 aliphatic carbocycles.